The molecule has 20 heavy (non-hydrogen) atoms. The lowest BCUT2D eigenvalue weighted by atomic mass is 9.74. The number of hydrogen-bond donors (Lipinski definition) is 2. The predicted molar refractivity (Wildman–Crippen MR) is 84.4 cm³/mol. The van der Waals surface area contributed by atoms with E-state index >= 15 is 0 Å². The third-order valence-electron chi connectivity index (χ3n) is 4.37. The van der Waals surface area contributed by atoms with Crippen LogP contribution in [0.4, 0.5) is 0 Å². The molecule has 0 spiro atoms. The summed E-state index contributed by atoms with van der Waals surface area (Å²) >= 11 is 0. The summed E-state index contributed by atoms with van der Waals surface area (Å²) < 4.78 is 0. The first-order valence-electron chi connectivity index (χ1n) is 7.36. The van der Waals surface area contributed by atoms with Gasteiger partial charge in [0.2, 0.25) is 0 Å². The Kier molecular flexibility index (Phi) is 3.86. The lowest BCUT2D eigenvalue weighted by Crippen LogP contribution is -2.42. The van der Waals surface area contributed by atoms with E-state index in [1.54, 1.807) is 0 Å². The Bertz CT molecular complexity index is 541. The van der Waals surface area contributed by atoms with Crippen LogP contribution in [0.1, 0.15) is 24.4 Å². The number of hydrogen-bond acceptors (Lipinski definition) is 2. The maximum Gasteiger partial charge on any atom is 0.0347 e. The van der Waals surface area contributed by atoms with Crippen LogP contribution in [-0.2, 0) is 0 Å². The van der Waals surface area contributed by atoms with Gasteiger partial charge in [0.05, 0.1) is 0 Å². The molecule has 1 aliphatic rings. The third kappa shape index (κ3) is 2.62. The zero-order valence-electron chi connectivity index (χ0n) is 11.9. The van der Waals surface area contributed by atoms with Gasteiger partial charge in [0.15, 0.2) is 0 Å². The zero-order valence-corrected chi connectivity index (χ0v) is 11.9. The van der Waals surface area contributed by atoms with Gasteiger partial charge in [-0.15, -0.1) is 0 Å². The highest BCUT2D eigenvalue weighted by molar-refractivity contribution is 5.63. The zero-order chi connectivity index (χ0) is 13.9. The Morgan fingerprint density at radius 1 is 0.950 bits per heavy atom. The van der Waals surface area contributed by atoms with E-state index in [9.17, 15) is 0 Å². The minimum absolute atomic E-state index is 0.402. The van der Waals surface area contributed by atoms with Crippen LogP contribution in [0.2, 0.25) is 0 Å². The maximum absolute atomic E-state index is 5.91. The molecule has 0 heterocycles. The normalized spacial score (nSPS) is 23.1. The lowest BCUT2D eigenvalue weighted by molar-refractivity contribution is 0.204. The Labute approximate surface area is 121 Å². The molecule has 1 saturated carbocycles. The van der Waals surface area contributed by atoms with Crippen molar-refractivity contribution in [2.45, 2.75) is 24.9 Å². The van der Waals surface area contributed by atoms with Crippen molar-refractivity contribution in [3.8, 4) is 11.1 Å². The highest BCUT2D eigenvalue weighted by atomic mass is 14.9. The molecule has 1 atom stereocenters. The minimum atomic E-state index is 0.402. The maximum atomic E-state index is 5.91. The number of nitrogens with two attached hydrogens (primary N) is 1. The fourth-order valence-corrected chi connectivity index (χ4v) is 3.17. The summed E-state index contributed by atoms with van der Waals surface area (Å²) in [6, 6.07) is 20.3. The molecule has 2 aromatic carbocycles. The van der Waals surface area contributed by atoms with Crippen molar-refractivity contribution in [2.75, 3.05) is 7.05 Å². The topological polar surface area (TPSA) is 38.0 Å². The first-order valence-corrected chi connectivity index (χ1v) is 7.36. The second kappa shape index (κ2) is 5.78. The second-order valence-electron chi connectivity index (χ2n) is 5.75. The molecule has 0 aromatic heterocycles. The third-order valence-corrected chi connectivity index (χ3v) is 4.37. The van der Waals surface area contributed by atoms with E-state index in [1.165, 1.54) is 16.7 Å². The van der Waals surface area contributed by atoms with Gasteiger partial charge in [-0.2, -0.15) is 0 Å². The van der Waals surface area contributed by atoms with Gasteiger partial charge in [0, 0.05) is 12.1 Å². The minimum Gasteiger partial charge on any atom is -0.328 e. The molecular weight excluding hydrogens is 244 g/mol. The summed E-state index contributed by atoms with van der Waals surface area (Å²) in [5.41, 5.74) is 9.82. The molecule has 0 bridgehead atoms. The summed E-state index contributed by atoms with van der Waals surface area (Å²) in [5, 5.41) is 3.44. The number of rotatable bonds is 4. The van der Waals surface area contributed by atoms with Gasteiger partial charge in [0.25, 0.3) is 0 Å². The van der Waals surface area contributed by atoms with Crippen LogP contribution in [0, 0.1) is 5.92 Å². The predicted octanol–water partition coefficient (Wildman–Crippen LogP) is 3.35. The smallest absolute Gasteiger partial charge is 0.0347 e. The highest BCUT2D eigenvalue weighted by Gasteiger charge is 2.32. The van der Waals surface area contributed by atoms with Gasteiger partial charge in [-0.25, -0.2) is 0 Å². The average Bonchev–Trinajstić information content (AvgIpc) is 2.48. The molecule has 1 aliphatic carbocycles. The average molecular weight is 266 g/mol. The van der Waals surface area contributed by atoms with E-state index in [2.05, 4.69) is 59.9 Å². The Morgan fingerprint density at radius 3 is 2.10 bits per heavy atom. The van der Waals surface area contributed by atoms with Crippen LogP contribution in [0.5, 0.6) is 0 Å². The van der Waals surface area contributed by atoms with Gasteiger partial charge in [-0.1, -0.05) is 54.6 Å². The van der Waals surface area contributed by atoms with Crippen LogP contribution in [0.3, 0.4) is 0 Å². The molecular formula is C18H22N2. The molecule has 1 fully saturated rings. The molecule has 3 rings (SSSR count). The fourth-order valence-electron chi connectivity index (χ4n) is 3.17. The summed E-state index contributed by atoms with van der Waals surface area (Å²) in [6.45, 7) is 0. The summed E-state index contributed by atoms with van der Waals surface area (Å²) in [6.07, 6.45) is 2.26. The summed E-state index contributed by atoms with van der Waals surface area (Å²) in [7, 11) is 2.04. The molecule has 1 unspecified atom stereocenters. The molecule has 0 aliphatic heterocycles. The highest BCUT2D eigenvalue weighted by Crippen LogP contribution is 2.37. The van der Waals surface area contributed by atoms with Crippen LogP contribution >= 0.6 is 0 Å². The molecule has 2 heteroatoms. The van der Waals surface area contributed by atoms with Crippen LogP contribution in [-0.4, -0.2) is 13.1 Å². The largest absolute Gasteiger partial charge is 0.328 e. The van der Waals surface area contributed by atoms with Crippen molar-refractivity contribution in [3.63, 3.8) is 0 Å². The van der Waals surface area contributed by atoms with E-state index in [0.29, 0.717) is 18.0 Å². The molecule has 0 saturated heterocycles. The Morgan fingerprint density at radius 2 is 1.55 bits per heavy atom. The Balaban J connectivity index is 1.78. The second-order valence-corrected chi connectivity index (χ2v) is 5.75. The van der Waals surface area contributed by atoms with Crippen molar-refractivity contribution in [3.05, 3.63) is 60.2 Å². The number of nitrogens with one attached hydrogen (secondary N) is 1. The van der Waals surface area contributed by atoms with Gasteiger partial charge in [-0.3, -0.25) is 0 Å². The van der Waals surface area contributed by atoms with E-state index < -0.39 is 0 Å². The van der Waals surface area contributed by atoms with E-state index in [4.69, 9.17) is 5.73 Å². The van der Waals surface area contributed by atoms with Gasteiger partial charge in [-0.05, 0) is 42.5 Å². The van der Waals surface area contributed by atoms with Crippen molar-refractivity contribution in [1.82, 2.24) is 5.32 Å². The van der Waals surface area contributed by atoms with Gasteiger partial charge in [0.1, 0.15) is 0 Å². The first-order chi connectivity index (χ1) is 9.78. The van der Waals surface area contributed by atoms with E-state index in [0.717, 1.165) is 12.8 Å². The molecule has 2 aromatic rings. The summed E-state index contributed by atoms with van der Waals surface area (Å²) in [5.74, 6) is 0.678. The van der Waals surface area contributed by atoms with Crippen molar-refractivity contribution in [1.29, 1.82) is 0 Å². The van der Waals surface area contributed by atoms with Crippen LogP contribution < -0.4 is 11.1 Å². The standard InChI is InChI=1S/C18H22N2/c1-20-18(16-11-17(19)12-16)15-9-7-14(8-10-15)13-5-3-2-4-6-13/h2-10,16-18,20H,11-12,19H2,1H3. The number of benzene rings is 2. The summed E-state index contributed by atoms with van der Waals surface area (Å²) in [4.78, 5) is 0. The van der Waals surface area contributed by atoms with Crippen molar-refractivity contribution < 1.29 is 0 Å². The SMILES string of the molecule is CNC(c1ccc(-c2ccccc2)cc1)C1CC(N)C1. The molecule has 0 amide bonds. The Hall–Kier alpha value is -1.64. The lowest BCUT2D eigenvalue weighted by Gasteiger charge is -2.38. The van der Waals surface area contributed by atoms with Crippen LogP contribution in [0.15, 0.2) is 54.6 Å². The van der Waals surface area contributed by atoms with Crippen molar-refractivity contribution >= 4 is 0 Å². The monoisotopic (exact) mass is 266 g/mol. The quantitative estimate of drug-likeness (QED) is 0.890. The van der Waals surface area contributed by atoms with E-state index in [1.807, 2.05) is 7.05 Å². The van der Waals surface area contributed by atoms with Crippen molar-refractivity contribution in [2.24, 2.45) is 11.7 Å². The first kappa shape index (κ1) is 13.3. The molecule has 3 N–H and O–H groups in total. The molecule has 2 nitrogen and oxygen atoms in total. The van der Waals surface area contributed by atoms with Gasteiger partial charge < -0.3 is 11.1 Å². The molecule has 104 valence electrons. The van der Waals surface area contributed by atoms with E-state index in [-0.39, 0.29) is 0 Å². The van der Waals surface area contributed by atoms with Crippen LogP contribution in [0.25, 0.3) is 11.1 Å². The fraction of sp³-hybridized carbons (Fsp3) is 0.333. The molecule has 0 radical (unpaired) electrons. The van der Waals surface area contributed by atoms with Gasteiger partial charge >= 0.3 is 0 Å².